The third kappa shape index (κ3) is 3.18. The van der Waals surface area contributed by atoms with Crippen molar-refractivity contribution in [2.24, 2.45) is 7.05 Å². The summed E-state index contributed by atoms with van der Waals surface area (Å²) in [6, 6.07) is 1.68. The molecule has 0 bridgehead atoms. The lowest BCUT2D eigenvalue weighted by Crippen LogP contribution is -2.26. The summed E-state index contributed by atoms with van der Waals surface area (Å²) in [4.78, 5) is 12.0. The van der Waals surface area contributed by atoms with Crippen molar-refractivity contribution in [1.29, 1.82) is 0 Å². The van der Waals surface area contributed by atoms with Crippen LogP contribution < -0.4 is 10.1 Å². The third-order valence-corrected chi connectivity index (χ3v) is 4.06. The third-order valence-electron chi connectivity index (χ3n) is 3.03. The van der Waals surface area contributed by atoms with Crippen molar-refractivity contribution in [3.05, 3.63) is 18.1 Å². The predicted octanol–water partition coefficient (Wildman–Crippen LogP) is 0.316. The fourth-order valence-corrected chi connectivity index (χ4v) is 2.72. The second-order valence-electron chi connectivity index (χ2n) is 4.62. The maximum atomic E-state index is 12.0. The number of nitrogens with one attached hydrogen (secondary N) is 1. The van der Waals surface area contributed by atoms with E-state index in [2.05, 4.69) is 20.6 Å². The lowest BCUT2D eigenvalue weighted by Gasteiger charge is -2.13. The summed E-state index contributed by atoms with van der Waals surface area (Å²) in [5.41, 5.74) is 0.399. The number of hydrogen-bond acceptors (Lipinski definition) is 6. The SMILES string of the molecule is Cn1cnnc1SCCNC(=O)c1cc2n(n1)CCCO2. The summed E-state index contributed by atoms with van der Waals surface area (Å²) in [6.45, 7) is 2.02. The summed E-state index contributed by atoms with van der Waals surface area (Å²) < 4.78 is 9.01. The van der Waals surface area contributed by atoms with Crippen LogP contribution in [0, 0.1) is 0 Å². The van der Waals surface area contributed by atoms with E-state index in [1.54, 1.807) is 28.8 Å². The lowest BCUT2D eigenvalue weighted by molar-refractivity contribution is 0.0950. The number of aromatic nitrogens is 5. The molecule has 2 aromatic heterocycles. The quantitative estimate of drug-likeness (QED) is 0.632. The smallest absolute Gasteiger partial charge is 0.271 e. The molecule has 21 heavy (non-hydrogen) atoms. The van der Waals surface area contributed by atoms with Gasteiger partial charge in [-0.15, -0.1) is 10.2 Å². The van der Waals surface area contributed by atoms with Crippen LogP contribution in [0.5, 0.6) is 5.88 Å². The first-order valence-corrected chi connectivity index (χ1v) is 7.68. The minimum Gasteiger partial charge on any atom is -0.478 e. The van der Waals surface area contributed by atoms with Gasteiger partial charge in [0.05, 0.1) is 6.61 Å². The molecule has 0 aromatic carbocycles. The van der Waals surface area contributed by atoms with E-state index in [9.17, 15) is 4.79 Å². The summed E-state index contributed by atoms with van der Waals surface area (Å²) in [5.74, 6) is 1.21. The van der Waals surface area contributed by atoms with Crippen molar-refractivity contribution in [2.75, 3.05) is 18.9 Å². The van der Waals surface area contributed by atoms with E-state index in [1.807, 2.05) is 11.6 Å². The zero-order valence-corrected chi connectivity index (χ0v) is 12.5. The Bertz CT molecular complexity index is 614. The Balaban J connectivity index is 1.48. The zero-order valence-electron chi connectivity index (χ0n) is 11.7. The Morgan fingerprint density at radius 2 is 2.48 bits per heavy atom. The van der Waals surface area contributed by atoms with Crippen LogP contribution >= 0.6 is 11.8 Å². The van der Waals surface area contributed by atoms with E-state index < -0.39 is 0 Å². The fourth-order valence-electron chi connectivity index (χ4n) is 1.98. The van der Waals surface area contributed by atoms with Crippen LogP contribution in [0.4, 0.5) is 0 Å². The topological polar surface area (TPSA) is 86.9 Å². The highest BCUT2D eigenvalue weighted by Crippen LogP contribution is 2.18. The Morgan fingerprint density at radius 1 is 1.57 bits per heavy atom. The molecule has 0 atom stereocenters. The molecule has 0 saturated heterocycles. The van der Waals surface area contributed by atoms with Gasteiger partial charge in [0.1, 0.15) is 6.33 Å². The first-order valence-electron chi connectivity index (χ1n) is 6.69. The average Bonchev–Trinajstić information content (AvgIpc) is 3.09. The van der Waals surface area contributed by atoms with Crippen LogP contribution in [0.2, 0.25) is 0 Å². The lowest BCUT2D eigenvalue weighted by atomic mass is 10.4. The first-order chi connectivity index (χ1) is 10.2. The van der Waals surface area contributed by atoms with Gasteiger partial charge in [0.25, 0.3) is 5.91 Å². The van der Waals surface area contributed by atoms with Crippen LogP contribution in [0.3, 0.4) is 0 Å². The molecule has 3 heterocycles. The van der Waals surface area contributed by atoms with Gasteiger partial charge in [-0.25, -0.2) is 4.68 Å². The second-order valence-corrected chi connectivity index (χ2v) is 5.68. The van der Waals surface area contributed by atoms with Crippen LogP contribution in [-0.4, -0.2) is 49.4 Å². The predicted molar refractivity (Wildman–Crippen MR) is 76.4 cm³/mol. The molecule has 0 spiro atoms. The summed E-state index contributed by atoms with van der Waals surface area (Å²) in [5, 5.41) is 15.7. The molecule has 112 valence electrons. The van der Waals surface area contributed by atoms with Gasteiger partial charge in [0, 0.05) is 38.4 Å². The van der Waals surface area contributed by atoms with E-state index in [0.29, 0.717) is 24.7 Å². The molecule has 1 N–H and O–H groups in total. The number of carbonyl (C=O) groups is 1. The number of nitrogens with zero attached hydrogens (tertiary/aromatic N) is 5. The van der Waals surface area contributed by atoms with Crippen molar-refractivity contribution in [2.45, 2.75) is 18.1 Å². The number of rotatable bonds is 5. The molecule has 0 aliphatic carbocycles. The largest absolute Gasteiger partial charge is 0.478 e. The van der Waals surface area contributed by atoms with Crippen LogP contribution in [0.25, 0.3) is 0 Å². The summed E-state index contributed by atoms with van der Waals surface area (Å²) >= 11 is 1.54. The molecule has 0 saturated carbocycles. The number of amides is 1. The maximum absolute atomic E-state index is 12.0. The van der Waals surface area contributed by atoms with E-state index in [0.717, 1.165) is 23.9 Å². The van der Waals surface area contributed by atoms with E-state index in [1.165, 1.54) is 0 Å². The molecule has 3 rings (SSSR count). The van der Waals surface area contributed by atoms with Crippen molar-refractivity contribution >= 4 is 17.7 Å². The Labute approximate surface area is 125 Å². The molecule has 1 amide bonds. The number of fused-ring (bicyclic) bond motifs is 1. The Morgan fingerprint density at radius 3 is 3.24 bits per heavy atom. The maximum Gasteiger partial charge on any atom is 0.271 e. The number of ether oxygens (including phenoxy) is 1. The van der Waals surface area contributed by atoms with E-state index in [-0.39, 0.29) is 5.91 Å². The second kappa shape index (κ2) is 6.17. The molecular weight excluding hydrogens is 292 g/mol. The van der Waals surface area contributed by atoms with Crippen LogP contribution in [-0.2, 0) is 13.6 Å². The normalized spacial score (nSPS) is 13.6. The van der Waals surface area contributed by atoms with Gasteiger partial charge in [-0.3, -0.25) is 4.79 Å². The van der Waals surface area contributed by atoms with Gasteiger partial charge in [-0.05, 0) is 0 Å². The molecule has 2 aromatic rings. The van der Waals surface area contributed by atoms with E-state index >= 15 is 0 Å². The molecule has 0 unspecified atom stereocenters. The number of hydrogen-bond donors (Lipinski definition) is 1. The van der Waals surface area contributed by atoms with Gasteiger partial charge in [-0.2, -0.15) is 5.10 Å². The standard InChI is InChI=1S/C12H16N6O2S/c1-17-8-14-15-12(17)21-6-3-13-11(19)9-7-10-18(16-9)4-2-5-20-10/h7-8H,2-6H2,1H3,(H,13,19). The van der Waals surface area contributed by atoms with Gasteiger partial charge in [0.15, 0.2) is 10.9 Å². The van der Waals surface area contributed by atoms with Crippen LogP contribution in [0.15, 0.2) is 17.6 Å². The van der Waals surface area contributed by atoms with Gasteiger partial charge in [-0.1, -0.05) is 11.8 Å². The van der Waals surface area contributed by atoms with E-state index in [4.69, 9.17) is 4.74 Å². The van der Waals surface area contributed by atoms with Crippen molar-refractivity contribution in [1.82, 2.24) is 29.9 Å². The van der Waals surface area contributed by atoms with Crippen LogP contribution in [0.1, 0.15) is 16.9 Å². The van der Waals surface area contributed by atoms with Gasteiger partial charge in [0.2, 0.25) is 5.88 Å². The first kappa shape index (κ1) is 13.9. The average molecular weight is 308 g/mol. The van der Waals surface area contributed by atoms with Crippen molar-refractivity contribution in [3.63, 3.8) is 0 Å². The molecule has 8 nitrogen and oxygen atoms in total. The van der Waals surface area contributed by atoms with Gasteiger partial charge < -0.3 is 14.6 Å². The highest BCUT2D eigenvalue weighted by molar-refractivity contribution is 7.99. The molecule has 9 heteroatoms. The summed E-state index contributed by atoms with van der Waals surface area (Å²) in [6.07, 6.45) is 2.57. The molecule has 0 fully saturated rings. The highest BCUT2D eigenvalue weighted by Gasteiger charge is 2.17. The highest BCUT2D eigenvalue weighted by atomic mass is 32.2. The minimum absolute atomic E-state index is 0.181. The number of aryl methyl sites for hydroxylation is 2. The Hall–Kier alpha value is -2.03. The number of thioether (sulfide) groups is 1. The Kier molecular flexibility index (Phi) is 4.09. The fraction of sp³-hybridized carbons (Fsp3) is 0.500. The molecular formula is C12H16N6O2S. The minimum atomic E-state index is -0.181. The zero-order chi connectivity index (χ0) is 14.7. The molecule has 1 aliphatic heterocycles. The molecule has 1 aliphatic rings. The monoisotopic (exact) mass is 308 g/mol. The summed E-state index contributed by atoms with van der Waals surface area (Å²) in [7, 11) is 1.89. The van der Waals surface area contributed by atoms with Gasteiger partial charge >= 0.3 is 0 Å². The van der Waals surface area contributed by atoms with Crippen molar-refractivity contribution in [3.8, 4) is 5.88 Å². The molecule has 0 radical (unpaired) electrons. The number of carbonyl (C=O) groups excluding carboxylic acids is 1. The van der Waals surface area contributed by atoms with Crippen molar-refractivity contribution < 1.29 is 9.53 Å².